The average molecular weight is 416 g/mol. The van der Waals surface area contributed by atoms with Crippen LogP contribution in [0.3, 0.4) is 0 Å². The first-order valence-corrected chi connectivity index (χ1v) is 9.69. The molecule has 2 heterocycles. The second-order valence-electron chi connectivity index (χ2n) is 7.32. The molecule has 2 amide bonds. The molecule has 31 heavy (non-hydrogen) atoms. The summed E-state index contributed by atoms with van der Waals surface area (Å²) in [6, 6.07) is 15.1. The number of nitrogens with zero attached hydrogens (tertiary/aromatic N) is 2. The van der Waals surface area contributed by atoms with Crippen LogP contribution >= 0.6 is 0 Å². The maximum Gasteiger partial charge on any atom is 0.337 e. The molecule has 4 rings (SSSR count). The Morgan fingerprint density at radius 3 is 2.03 bits per heavy atom. The Balaban J connectivity index is 1.60. The topological polar surface area (TPSA) is 85.7 Å². The van der Waals surface area contributed by atoms with Crippen LogP contribution in [-0.2, 0) is 4.74 Å². The normalized spacial score (nSPS) is 12.8. The number of esters is 1. The van der Waals surface area contributed by atoms with Crippen molar-refractivity contribution in [3.63, 3.8) is 0 Å². The number of carbonyl (C=O) groups is 4. The minimum Gasteiger partial charge on any atom is -0.465 e. The van der Waals surface area contributed by atoms with Crippen LogP contribution in [0.1, 0.15) is 52.8 Å². The lowest BCUT2D eigenvalue weighted by atomic mass is 10.1. The fourth-order valence-electron chi connectivity index (χ4n) is 3.92. The Labute approximate surface area is 178 Å². The molecule has 156 valence electrons. The molecule has 0 atom stereocenters. The van der Waals surface area contributed by atoms with Gasteiger partial charge in [0.15, 0.2) is 5.78 Å². The van der Waals surface area contributed by atoms with Crippen molar-refractivity contribution in [2.24, 2.45) is 0 Å². The molecule has 0 saturated carbocycles. The molecule has 7 heteroatoms. The molecule has 0 bridgehead atoms. The van der Waals surface area contributed by atoms with E-state index in [-0.39, 0.29) is 12.3 Å². The van der Waals surface area contributed by atoms with Gasteiger partial charge in [0, 0.05) is 22.6 Å². The van der Waals surface area contributed by atoms with Gasteiger partial charge in [0.25, 0.3) is 11.8 Å². The summed E-state index contributed by atoms with van der Waals surface area (Å²) in [5.41, 5.74) is 3.77. The van der Waals surface area contributed by atoms with Crippen molar-refractivity contribution >= 4 is 23.6 Å². The number of Topliss-reactive ketones (excluding diaryl/α,β-unsaturated/α-hetero) is 1. The SMILES string of the molecule is COC(=O)c1ccc(-n2c(C)cc(C(=O)CN3C(=O)c4ccccc4C3=O)c2C)cc1. The van der Waals surface area contributed by atoms with Crippen molar-refractivity contribution in [3.8, 4) is 5.69 Å². The Morgan fingerprint density at radius 2 is 1.48 bits per heavy atom. The lowest BCUT2D eigenvalue weighted by molar-refractivity contribution is 0.0598. The van der Waals surface area contributed by atoms with Crippen LogP contribution in [0.2, 0.25) is 0 Å². The van der Waals surface area contributed by atoms with Gasteiger partial charge < -0.3 is 9.30 Å². The fraction of sp³-hybridized carbons (Fsp3) is 0.167. The zero-order chi connectivity index (χ0) is 22.3. The number of ether oxygens (including phenoxy) is 1. The van der Waals surface area contributed by atoms with E-state index in [9.17, 15) is 19.2 Å². The molecule has 0 unspecified atom stereocenters. The molecule has 3 aromatic rings. The van der Waals surface area contributed by atoms with Crippen LogP contribution in [0.15, 0.2) is 54.6 Å². The zero-order valence-corrected chi connectivity index (χ0v) is 17.3. The minimum absolute atomic E-state index is 0.316. The second kappa shape index (κ2) is 7.68. The number of hydrogen-bond acceptors (Lipinski definition) is 5. The van der Waals surface area contributed by atoms with E-state index >= 15 is 0 Å². The van der Waals surface area contributed by atoms with E-state index in [0.29, 0.717) is 27.9 Å². The summed E-state index contributed by atoms with van der Waals surface area (Å²) in [5.74, 6) is -1.66. The van der Waals surface area contributed by atoms with E-state index in [1.165, 1.54) is 7.11 Å². The predicted molar refractivity (Wildman–Crippen MR) is 113 cm³/mol. The Kier molecular flexibility index (Phi) is 5.02. The maximum atomic E-state index is 13.0. The number of rotatable bonds is 5. The predicted octanol–water partition coefficient (Wildman–Crippen LogP) is 3.36. The Hall–Kier alpha value is -4.00. The van der Waals surface area contributed by atoms with Gasteiger partial charge in [-0.1, -0.05) is 12.1 Å². The number of ketones is 1. The monoisotopic (exact) mass is 416 g/mol. The summed E-state index contributed by atoms with van der Waals surface area (Å²) < 4.78 is 6.60. The van der Waals surface area contributed by atoms with Crippen LogP contribution in [0.5, 0.6) is 0 Å². The summed E-state index contributed by atoms with van der Waals surface area (Å²) in [7, 11) is 1.32. The molecular formula is C24H20N2O5. The molecule has 1 aliphatic rings. The summed E-state index contributed by atoms with van der Waals surface area (Å²) >= 11 is 0. The van der Waals surface area contributed by atoms with Gasteiger partial charge >= 0.3 is 5.97 Å². The third-order valence-corrected chi connectivity index (χ3v) is 5.46. The molecule has 0 radical (unpaired) electrons. The smallest absolute Gasteiger partial charge is 0.337 e. The van der Waals surface area contributed by atoms with E-state index in [0.717, 1.165) is 16.3 Å². The Bertz CT molecular complexity index is 1200. The van der Waals surface area contributed by atoms with E-state index in [4.69, 9.17) is 4.74 Å². The average Bonchev–Trinajstić information content (AvgIpc) is 3.21. The van der Waals surface area contributed by atoms with Gasteiger partial charge in [0.2, 0.25) is 0 Å². The minimum atomic E-state index is -0.457. The van der Waals surface area contributed by atoms with Gasteiger partial charge in [-0.3, -0.25) is 19.3 Å². The number of aromatic nitrogens is 1. The van der Waals surface area contributed by atoms with Crippen molar-refractivity contribution in [1.82, 2.24) is 9.47 Å². The van der Waals surface area contributed by atoms with Gasteiger partial charge in [-0.05, 0) is 56.3 Å². The fourth-order valence-corrected chi connectivity index (χ4v) is 3.92. The third kappa shape index (κ3) is 3.34. The van der Waals surface area contributed by atoms with E-state index in [1.807, 2.05) is 11.5 Å². The van der Waals surface area contributed by atoms with Crippen LogP contribution in [0.25, 0.3) is 5.69 Å². The summed E-state index contributed by atoms with van der Waals surface area (Å²) in [6.07, 6.45) is 0. The van der Waals surface area contributed by atoms with Gasteiger partial charge in [-0.2, -0.15) is 0 Å². The number of fused-ring (bicyclic) bond motifs is 1. The quantitative estimate of drug-likeness (QED) is 0.362. The van der Waals surface area contributed by atoms with Gasteiger partial charge in [0.05, 0.1) is 30.3 Å². The molecule has 7 nitrogen and oxygen atoms in total. The van der Waals surface area contributed by atoms with E-state index in [1.54, 1.807) is 61.5 Å². The molecule has 1 aliphatic heterocycles. The lowest BCUT2D eigenvalue weighted by Crippen LogP contribution is -2.35. The summed E-state index contributed by atoms with van der Waals surface area (Å²) in [6.45, 7) is 3.34. The highest BCUT2D eigenvalue weighted by atomic mass is 16.5. The first-order chi connectivity index (χ1) is 14.8. The van der Waals surface area contributed by atoms with Crippen LogP contribution < -0.4 is 0 Å². The molecule has 0 saturated heterocycles. The molecular weight excluding hydrogens is 396 g/mol. The first-order valence-electron chi connectivity index (χ1n) is 9.69. The number of carbonyl (C=O) groups excluding carboxylic acids is 4. The molecule has 1 aromatic heterocycles. The lowest BCUT2D eigenvalue weighted by Gasteiger charge is -2.13. The van der Waals surface area contributed by atoms with Crippen molar-refractivity contribution in [2.75, 3.05) is 13.7 Å². The zero-order valence-electron chi connectivity index (χ0n) is 17.3. The maximum absolute atomic E-state index is 13.0. The number of methoxy groups -OCH3 is 1. The van der Waals surface area contributed by atoms with Crippen molar-refractivity contribution in [2.45, 2.75) is 13.8 Å². The van der Waals surface area contributed by atoms with Crippen LogP contribution in [0, 0.1) is 13.8 Å². The summed E-state index contributed by atoms with van der Waals surface area (Å²) in [4.78, 5) is 50.8. The van der Waals surface area contributed by atoms with Crippen molar-refractivity contribution < 1.29 is 23.9 Å². The number of aryl methyl sites for hydroxylation is 1. The highest BCUT2D eigenvalue weighted by molar-refractivity contribution is 6.23. The highest BCUT2D eigenvalue weighted by Crippen LogP contribution is 2.25. The second-order valence-corrected chi connectivity index (χ2v) is 7.32. The number of hydrogen-bond donors (Lipinski definition) is 0. The van der Waals surface area contributed by atoms with Crippen LogP contribution in [0.4, 0.5) is 0 Å². The van der Waals surface area contributed by atoms with Gasteiger partial charge in [0.1, 0.15) is 0 Å². The van der Waals surface area contributed by atoms with Gasteiger partial charge in [-0.25, -0.2) is 4.79 Å². The first kappa shape index (κ1) is 20.3. The molecule has 2 aromatic carbocycles. The highest BCUT2D eigenvalue weighted by Gasteiger charge is 2.36. The largest absolute Gasteiger partial charge is 0.465 e. The number of imide groups is 1. The molecule has 0 aliphatic carbocycles. The number of benzene rings is 2. The van der Waals surface area contributed by atoms with Crippen LogP contribution in [-0.4, -0.2) is 46.7 Å². The molecule has 0 spiro atoms. The number of amides is 2. The molecule has 0 N–H and O–H groups in total. The Morgan fingerprint density at radius 1 is 0.903 bits per heavy atom. The standard InChI is InChI=1S/C24H20N2O5/c1-14-12-20(15(2)26(14)17-10-8-16(9-11-17)24(30)31-3)21(27)13-25-22(28)18-6-4-5-7-19(18)23(25)29/h4-12H,13H2,1-3H3. The summed E-state index contributed by atoms with van der Waals surface area (Å²) in [5, 5.41) is 0. The third-order valence-electron chi connectivity index (χ3n) is 5.46. The van der Waals surface area contributed by atoms with E-state index in [2.05, 4.69) is 0 Å². The van der Waals surface area contributed by atoms with Crippen molar-refractivity contribution in [1.29, 1.82) is 0 Å². The van der Waals surface area contributed by atoms with E-state index < -0.39 is 17.8 Å². The van der Waals surface area contributed by atoms with Crippen molar-refractivity contribution in [3.05, 3.63) is 88.2 Å². The molecule has 0 fully saturated rings. The van der Waals surface area contributed by atoms with Gasteiger partial charge in [-0.15, -0.1) is 0 Å².